The summed E-state index contributed by atoms with van der Waals surface area (Å²) in [6.07, 6.45) is 0. The van der Waals surface area contributed by atoms with Gasteiger partial charge in [-0.05, 0) is 54.8 Å². The van der Waals surface area contributed by atoms with Gasteiger partial charge in [0.15, 0.2) is 0 Å². The largest absolute Gasteiger partial charge is 0.493 e. The standard InChI is InChI=1S/C19H25ClN2O/c1-14(2)13-23-17-9-7-16(8-10-17)21-11-12-22-19-6-4-5-18(20)15(19)3/h4-10,14,21-22H,11-13H2,1-3H3. The van der Waals surface area contributed by atoms with E-state index in [-0.39, 0.29) is 0 Å². The Morgan fingerprint density at radius 3 is 2.39 bits per heavy atom. The molecule has 2 aromatic rings. The number of ether oxygens (including phenoxy) is 1. The lowest BCUT2D eigenvalue weighted by Crippen LogP contribution is -2.14. The Morgan fingerprint density at radius 2 is 1.70 bits per heavy atom. The van der Waals surface area contributed by atoms with Crippen LogP contribution in [0.15, 0.2) is 42.5 Å². The highest BCUT2D eigenvalue weighted by atomic mass is 35.5. The molecule has 0 heterocycles. The third-order valence-corrected chi connectivity index (χ3v) is 3.88. The fourth-order valence-corrected chi connectivity index (χ4v) is 2.31. The van der Waals surface area contributed by atoms with Crippen LogP contribution >= 0.6 is 11.6 Å². The van der Waals surface area contributed by atoms with Crippen LogP contribution in [0, 0.1) is 12.8 Å². The van der Waals surface area contributed by atoms with E-state index in [0.717, 1.165) is 47.4 Å². The van der Waals surface area contributed by atoms with Crippen LogP contribution in [0.4, 0.5) is 11.4 Å². The molecule has 0 saturated carbocycles. The number of rotatable bonds is 8. The van der Waals surface area contributed by atoms with Gasteiger partial charge >= 0.3 is 0 Å². The molecule has 0 radical (unpaired) electrons. The van der Waals surface area contributed by atoms with Crippen LogP contribution in [-0.4, -0.2) is 19.7 Å². The second-order valence-electron chi connectivity index (χ2n) is 6.00. The SMILES string of the molecule is Cc1c(Cl)cccc1NCCNc1ccc(OCC(C)C)cc1. The zero-order valence-corrected chi connectivity index (χ0v) is 14.8. The molecule has 0 bridgehead atoms. The minimum absolute atomic E-state index is 0.536. The lowest BCUT2D eigenvalue weighted by molar-refractivity contribution is 0.271. The molecule has 3 nitrogen and oxygen atoms in total. The molecule has 0 aromatic heterocycles. The van der Waals surface area contributed by atoms with Crippen molar-refractivity contribution in [1.29, 1.82) is 0 Å². The van der Waals surface area contributed by atoms with Gasteiger partial charge in [0.25, 0.3) is 0 Å². The maximum Gasteiger partial charge on any atom is 0.119 e. The smallest absolute Gasteiger partial charge is 0.119 e. The molecule has 124 valence electrons. The minimum Gasteiger partial charge on any atom is -0.493 e. The second-order valence-corrected chi connectivity index (χ2v) is 6.40. The van der Waals surface area contributed by atoms with Gasteiger partial charge in [0, 0.05) is 29.5 Å². The number of hydrogen-bond acceptors (Lipinski definition) is 3. The van der Waals surface area contributed by atoms with Gasteiger partial charge in [-0.3, -0.25) is 0 Å². The molecule has 2 aromatic carbocycles. The Labute approximate surface area is 144 Å². The molecule has 0 amide bonds. The van der Waals surface area contributed by atoms with Crippen molar-refractivity contribution in [2.24, 2.45) is 5.92 Å². The van der Waals surface area contributed by atoms with E-state index in [1.54, 1.807) is 0 Å². The molecule has 0 aliphatic carbocycles. The Hall–Kier alpha value is -1.87. The number of hydrogen-bond donors (Lipinski definition) is 2. The zero-order chi connectivity index (χ0) is 16.7. The van der Waals surface area contributed by atoms with Crippen molar-refractivity contribution in [2.75, 3.05) is 30.3 Å². The average molecular weight is 333 g/mol. The van der Waals surface area contributed by atoms with Crippen molar-refractivity contribution < 1.29 is 4.74 Å². The minimum atomic E-state index is 0.536. The Bertz CT molecular complexity index is 611. The van der Waals surface area contributed by atoms with E-state index >= 15 is 0 Å². The molecule has 4 heteroatoms. The number of anilines is 2. The molecule has 2 rings (SSSR count). The first-order chi connectivity index (χ1) is 11.1. The van der Waals surface area contributed by atoms with Gasteiger partial charge in [-0.25, -0.2) is 0 Å². The van der Waals surface area contributed by atoms with Crippen molar-refractivity contribution in [3.63, 3.8) is 0 Å². The van der Waals surface area contributed by atoms with E-state index in [9.17, 15) is 0 Å². The quantitative estimate of drug-likeness (QED) is 0.651. The van der Waals surface area contributed by atoms with E-state index < -0.39 is 0 Å². The molecule has 23 heavy (non-hydrogen) atoms. The predicted octanol–water partition coefficient (Wildman–Crippen LogP) is 5.21. The van der Waals surface area contributed by atoms with E-state index in [2.05, 4.69) is 24.5 Å². The topological polar surface area (TPSA) is 33.3 Å². The lowest BCUT2D eigenvalue weighted by Gasteiger charge is -2.12. The van der Waals surface area contributed by atoms with Gasteiger partial charge < -0.3 is 15.4 Å². The van der Waals surface area contributed by atoms with Crippen LogP contribution in [0.5, 0.6) is 5.75 Å². The van der Waals surface area contributed by atoms with E-state index in [4.69, 9.17) is 16.3 Å². The Kier molecular flexibility index (Phi) is 6.60. The average Bonchev–Trinajstić information content (AvgIpc) is 2.54. The number of benzene rings is 2. The van der Waals surface area contributed by atoms with Crippen molar-refractivity contribution >= 4 is 23.0 Å². The molecule has 0 aliphatic rings. The van der Waals surface area contributed by atoms with Gasteiger partial charge in [-0.2, -0.15) is 0 Å². The number of nitrogens with one attached hydrogen (secondary N) is 2. The van der Waals surface area contributed by atoms with Crippen molar-refractivity contribution in [1.82, 2.24) is 0 Å². The third-order valence-electron chi connectivity index (χ3n) is 3.47. The first-order valence-electron chi connectivity index (χ1n) is 8.02. The van der Waals surface area contributed by atoms with E-state index in [1.165, 1.54) is 0 Å². The highest BCUT2D eigenvalue weighted by Gasteiger charge is 2.01. The molecular weight excluding hydrogens is 308 g/mol. The first kappa shape index (κ1) is 17.5. The van der Waals surface area contributed by atoms with Crippen molar-refractivity contribution in [2.45, 2.75) is 20.8 Å². The molecule has 0 unspecified atom stereocenters. The molecular formula is C19H25ClN2O. The molecule has 0 spiro atoms. The second kappa shape index (κ2) is 8.68. The first-order valence-corrected chi connectivity index (χ1v) is 8.40. The normalized spacial score (nSPS) is 10.7. The summed E-state index contributed by atoms with van der Waals surface area (Å²) in [5.74, 6) is 1.45. The van der Waals surface area contributed by atoms with Gasteiger partial charge in [0.2, 0.25) is 0 Å². The van der Waals surface area contributed by atoms with Crippen LogP contribution in [0.1, 0.15) is 19.4 Å². The summed E-state index contributed by atoms with van der Waals surface area (Å²) in [4.78, 5) is 0. The van der Waals surface area contributed by atoms with Crippen molar-refractivity contribution in [3.8, 4) is 5.75 Å². The Morgan fingerprint density at radius 1 is 1.00 bits per heavy atom. The summed E-state index contributed by atoms with van der Waals surface area (Å²) in [6, 6.07) is 14.0. The van der Waals surface area contributed by atoms with Crippen LogP contribution in [-0.2, 0) is 0 Å². The highest BCUT2D eigenvalue weighted by Crippen LogP contribution is 2.22. The summed E-state index contributed by atoms with van der Waals surface area (Å²) < 4.78 is 5.68. The maximum absolute atomic E-state index is 6.11. The lowest BCUT2D eigenvalue weighted by atomic mass is 10.2. The van der Waals surface area contributed by atoms with E-state index in [0.29, 0.717) is 5.92 Å². The summed E-state index contributed by atoms with van der Waals surface area (Å²) in [5.41, 5.74) is 3.25. The van der Waals surface area contributed by atoms with Gasteiger partial charge in [0.1, 0.15) is 5.75 Å². The number of halogens is 1. The highest BCUT2D eigenvalue weighted by molar-refractivity contribution is 6.31. The summed E-state index contributed by atoms with van der Waals surface area (Å²) >= 11 is 6.11. The molecule has 0 saturated heterocycles. The Balaban J connectivity index is 1.75. The molecule has 0 fully saturated rings. The monoisotopic (exact) mass is 332 g/mol. The maximum atomic E-state index is 6.11. The zero-order valence-electron chi connectivity index (χ0n) is 14.0. The van der Waals surface area contributed by atoms with E-state index in [1.807, 2.05) is 49.4 Å². The molecule has 0 atom stereocenters. The summed E-state index contributed by atoms with van der Waals surface area (Å²) in [7, 11) is 0. The molecule has 0 aliphatic heterocycles. The van der Waals surface area contributed by atoms with Gasteiger partial charge in [-0.15, -0.1) is 0 Å². The van der Waals surface area contributed by atoms with Gasteiger partial charge in [0.05, 0.1) is 6.61 Å². The van der Waals surface area contributed by atoms with Crippen LogP contribution in [0.2, 0.25) is 5.02 Å². The van der Waals surface area contributed by atoms with Crippen molar-refractivity contribution in [3.05, 3.63) is 53.1 Å². The third kappa shape index (κ3) is 5.68. The fourth-order valence-electron chi connectivity index (χ4n) is 2.13. The predicted molar refractivity (Wildman–Crippen MR) is 99.9 cm³/mol. The van der Waals surface area contributed by atoms with Crippen LogP contribution < -0.4 is 15.4 Å². The summed E-state index contributed by atoms with van der Waals surface area (Å²) in [6.45, 7) is 8.71. The molecule has 2 N–H and O–H groups in total. The fraction of sp³-hybridized carbons (Fsp3) is 0.368. The van der Waals surface area contributed by atoms with Crippen LogP contribution in [0.25, 0.3) is 0 Å². The van der Waals surface area contributed by atoms with Crippen LogP contribution in [0.3, 0.4) is 0 Å². The summed E-state index contributed by atoms with van der Waals surface area (Å²) in [5, 5.41) is 7.58. The van der Waals surface area contributed by atoms with Gasteiger partial charge in [-0.1, -0.05) is 31.5 Å².